The molecule has 0 bridgehead atoms. The molecule has 0 heterocycles. The molecule has 0 aromatic heterocycles. The summed E-state index contributed by atoms with van der Waals surface area (Å²) in [5, 5.41) is 2.62. The van der Waals surface area contributed by atoms with E-state index in [9.17, 15) is 13.6 Å². The number of hydrogen-bond donors (Lipinski definition) is 1. The summed E-state index contributed by atoms with van der Waals surface area (Å²) in [7, 11) is 0. The summed E-state index contributed by atoms with van der Waals surface area (Å²) >= 11 is 5.91. The highest BCUT2D eigenvalue weighted by molar-refractivity contribution is 6.32. The Labute approximate surface area is 125 Å². The van der Waals surface area contributed by atoms with Crippen molar-refractivity contribution >= 4 is 23.2 Å². The third-order valence-corrected chi connectivity index (χ3v) is 3.01. The van der Waals surface area contributed by atoms with Crippen LogP contribution in [-0.4, -0.2) is 12.0 Å². The first-order valence-corrected chi connectivity index (χ1v) is 6.52. The maximum Gasteiger partial charge on any atom is 0.265 e. The first kappa shape index (κ1) is 15.3. The zero-order valence-corrected chi connectivity index (χ0v) is 11.8. The van der Waals surface area contributed by atoms with E-state index in [0.29, 0.717) is 10.8 Å². The number of carbonyl (C=O) groups excluding carboxylic acids is 1. The highest BCUT2D eigenvalue weighted by Gasteiger charge is 2.17. The molecule has 0 saturated heterocycles. The third kappa shape index (κ3) is 3.92. The van der Waals surface area contributed by atoms with Gasteiger partial charge >= 0.3 is 0 Å². The van der Waals surface area contributed by atoms with E-state index >= 15 is 0 Å². The Bertz CT molecular complexity index is 664. The summed E-state index contributed by atoms with van der Waals surface area (Å²) in [6.07, 6.45) is -0.924. The largest absolute Gasteiger partial charge is 0.479 e. The number of para-hydroxylation sites is 1. The molecular weight excluding hydrogens is 300 g/mol. The number of nitrogens with one attached hydrogen (secondary N) is 1. The van der Waals surface area contributed by atoms with Crippen LogP contribution < -0.4 is 10.1 Å². The summed E-state index contributed by atoms with van der Waals surface area (Å²) in [6.45, 7) is 1.48. The fourth-order valence-electron chi connectivity index (χ4n) is 1.61. The first-order valence-electron chi connectivity index (χ1n) is 6.14. The van der Waals surface area contributed by atoms with Gasteiger partial charge in [-0.15, -0.1) is 0 Å². The average molecular weight is 312 g/mol. The molecule has 0 unspecified atom stereocenters. The summed E-state index contributed by atoms with van der Waals surface area (Å²) < 4.78 is 31.9. The lowest BCUT2D eigenvalue weighted by Gasteiger charge is -2.15. The van der Waals surface area contributed by atoms with Gasteiger partial charge in [0, 0.05) is 6.07 Å². The van der Waals surface area contributed by atoms with E-state index in [1.165, 1.54) is 6.92 Å². The Kier molecular flexibility index (Phi) is 4.75. The molecule has 0 radical (unpaired) electrons. The molecule has 110 valence electrons. The normalized spacial score (nSPS) is 11.8. The van der Waals surface area contributed by atoms with Crippen molar-refractivity contribution in [3.63, 3.8) is 0 Å². The van der Waals surface area contributed by atoms with Gasteiger partial charge in [0.15, 0.2) is 6.10 Å². The van der Waals surface area contributed by atoms with Crippen molar-refractivity contribution in [2.45, 2.75) is 13.0 Å². The summed E-state index contributed by atoms with van der Waals surface area (Å²) in [4.78, 5) is 11.9. The van der Waals surface area contributed by atoms with Crippen LogP contribution in [0.5, 0.6) is 5.75 Å². The van der Waals surface area contributed by atoms with Gasteiger partial charge in [-0.05, 0) is 31.2 Å². The molecule has 0 aliphatic heterocycles. The number of ether oxygens (including phenoxy) is 1. The van der Waals surface area contributed by atoms with Gasteiger partial charge in [0.05, 0.1) is 10.7 Å². The standard InChI is InChI=1S/C15H12ClF2NO2/c1-9(21-14-5-3-2-4-11(14)16)15(20)19-13-8-10(17)6-7-12(13)18/h2-9H,1H3,(H,19,20)/t9-/m1/s1. The van der Waals surface area contributed by atoms with Crippen LogP contribution in [0.3, 0.4) is 0 Å². The van der Waals surface area contributed by atoms with Crippen molar-refractivity contribution in [3.8, 4) is 5.75 Å². The van der Waals surface area contributed by atoms with Gasteiger partial charge in [0.1, 0.15) is 17.4 Å². The lowest BCUT2D eigenvalue weighted by atomic mass is 10.2. The van der Waals surface area contributed by atoms with Crippen LogP contribution in [0.15, 0.2) is 42.5 Å². The summed E-state index contributed by atoms with van der Waals surface area (Å²) in [6, 6.07) is 9.46. The lowest BCUT2D eigenvalue weighted by Crippen LogP contribution is -2.30. The SMILES string of the molecule is C[C@@H](Oc1ccccc1Cl)C(=O)Nc1cc(F)ccc1F. The Morgan fingerprint density at radius 3 is 2.67 bits per heavy atom. The monoisotopic (exact) mass is 311 g/mol. The van der Waals surface area contributed by atoms with Crippen LogP contribution in [-0.2, 0) is 4.79 Å². The van der Waals surface area contributed by atoms with Gasteiger partial charge in [-0.3, -0.25) is 4.79 Å². The lowest BCUT2D eigenvalue weighted by molar-refractivity contribution is -0.122. The van der Waals surface area contributed by atoms with Crippen molar-refractivity contribution < 1.29 is 18.3 Å². The first-order chi connectivity index (χ1) is 9.97. The molecule has 1 amide bonds. The van der Waals surface area contributed by atoms with Crippen LogP contribution in [0.2, 0.25) is 5.02 Å². The average Bonchev–Trinajstić information content (AvgIpc) is 2.45. The van der Waals surface area contributed by atoms with Gasteiger partial charge < -0.3 is 10.1 Å². The van der Waals surface area contributed by atoms with E-state index in [1.54, 1.807) is 24.3 Å². The summed E-state index contributed by atoms with van der Waals surface area (Å²) in [5.41, 5.74) is -0.241. The van der Waals surface area contributed by atoms with E-state index in [4.69, 9.17) is 16.3 Å². The van der Waals surface area contributed by atoms with Gasteiger partial charge in [0.2, 0.25) is 0 Å². The molecule has 0 spiro atoms. The number of amides is 1. The zero-order valence-electron chi connectivity index (χ0n) is 11.1. The molecule has 3 nitrogen and oxygen atoms in total. The molecule has 2 aromatic rings. The van der Waals surface area contributed by atoms with Gasteiger partial charge in [-0.2, -0.15) is 0 Å². The molecule has 6 heteroatoms. The maximum atomic E-state index is 13.4. The van der Waals surface area contributed by atoms with E-state index in [2.05, 4.69) is 5.32 Å². The van der Waals surface area contributed by atoms with Crippen LogP contribution >= 0.6 is 11.6 Å². The second-order valence-corrected chi connectivity index (χ2v) is 4.71. The van der Waals surface area contributed by atoms with E-state index in [1.807, 2.05) is 0 Å². The molecule has 0 aliphatic carbocycles. The Hall–Kier alpha value is -2.14. The van der Waals surface area contributed by atoms with Crippen molar-refractivity contribution in [1.82, 2.24) is 0 Å². The highest BCUT2D eigenvalue weighted by Crippen LogP contribution is 2.24. The smallest absolute Gasteiger partial charge is 0.265 e. The molecule has 2 rings (SSSR count). The molecule has 21 heavy (non-hydrogen) atoms. The predicted octanol–water partition coefficient (Wildman–Crippen LogP) is 4.02. The minimum atomic E-state index is -0.924. The zero-order chi connectivity index (χ0) is 15.4. The van der Waals surface area contributed by atoms with Crippen molar-refractivity contribution in [2.75, 3.05) is 5.32 Å². The Morgan fingerprint density at radius 1 is 1.24 bits per heavy atom. The highest BCUT2D eigenvalue weighted by atomic mass is 35.5. The topological polar surface area (TPSA) is 38.3 Å². The van der Waals surface area contributed by atoms with Gasteiger partial charge in [-0.25, -0.2) is 8.78 Å². The number of anilines is 1. The molecule has 0 saturated carbocycles. The second-order valence-electron chi connectivity index (χ2n) is 4.30. The molecular formula is C15H12ClF2NO2. The number of rotatable bonds is 4. The van der Waals surface area contributed by atoms with Crippen LogP contribution in [0, 0.1) is 11.6 Å². The maximum absolute atomic E-state index is 13.4. The minimum Gasteiger partial charge on any atom is -0.479 e. The van der Waals surface area contributed by atoms with E-state index in [0.717, 1.165) is 18.2 Å². The second kappa shape index (κ2) is 6.54. The molecule has 1 N–H and O–H groups in total. The fraction of sp³-hybridized carbons (Fsp3) is 0.133. The van der Waals surface area contributed by atoms with Gasteiger partial charge in [-0.1, -0.05) is 23.7 Å². The molecule has 0 fully saturated rings. The number of carbonyl (C=O) groups is 1. The minimum absolute atomic E-state index is 0.241. The van der Waals surface area contributed by atoms with Crippen molar-refractivity contribution in [3.05, 3.63) is 59.1 Å². The predicted molar refractivity (Wildman–Crippen MR) is 76.5 cm³/mol. The Morgan fingerprint density at radius 2 is 1.95 bits per heavy atom. The summed E-state index contributed by atoms with van der Waals surface area (Å²) in [5.74, 6) is -1.65. The third-order valence-electron chi connectivity index (χ3n) is 2.70. The van der Waals surface area contributed by atoms with Crippen LogP contribution in [0.4, 0.5) is 14.5 Å². The number of benzene rings is 2. The van der Waals surface area contributed by atoms with Crippen molar-refractivity contribution in [1.29, 1.82) is 0 Å². The van der Waals surface area contributed by atoms with Gasteiger partial charge in [0.25, 0.3) is 5.91 Å². The Balaban J connectivity index is 2.06. The molecule has 0 aliphatic rings. The molecule has 2 aromatic carbocycles. The number of halogens is 3. The van der Waals surface area contributed by atoms with Crippen LogP contribution in [0.1, 0.15) is 6.92 Å². The fourth-order valence-corrected chi connectivity index (χ4v) is 1.79. The van der Waals surface area contributed by atoms with E-state index < -0.39 is 23.6 Å². The van der Waals surface area contributed by atoms with E-state index in [-0.39, 0.29) is 5.69 Å². The quantitative estimate of drug-likeness (QED) is 0.926. The molecule has 1 atom stereocenters. The van der Waals surface area contributed by atoms with Crippen molar-refractivity contribution in [2.24, 2.45) is 0 Å². The number of hydrogen-bond acceptors (Lipinski definition) is 2. The van der Waals surface area contributed by atoms with Crippen LogP contribution in [0.25, 0.3) is 0 Å².